The molecule has 0 saturated carbocycles. The van der Waals surface area contributed by atoms with Crippen LogP contribution in [-0.4, -0.2) is 16.6 Å². The molecule has 1 rings (SSSR count). The van der Waals surface area contributed by atoms with Crippen molar-refractivity contribution < 1.29 is 10.0 Å². The quantitative estimate of drug-likeness (QED) is 0.604. The summed E-state index contributed by atoms with van der Waals surface area (Å²) in [4.78, 5) is 10.2. The summed E-state index contributed by atoms with van der Waals surface area (Å²) in [5.74, 6) is 0.0732. The third-order valence-electron chi connectivity index (χ3n) is 2.69. The van der Waals surface area contributed by atoms with Crippen LogP contribution in [0.15, 0.2) is 18.2 Å². The van der Waals surface area contributed by atoms with Gasteiger partial charge in [-0.05, 0) is 24.4 Å². The Morgan fingerprint density at radius 1 is 1.50 bits per heavy atom. The number of nitrogens with two attached hydrogens (primary N) is 1. The second-order valence-electron chi connectivity index (χ2n) is 4.38. The maximum atomic E-state index is 10.6. The smallest absolute Gasteiger partial charge is 0.269 e. The molecule has 5 nitrogen and oxygen atoms in total. The first-order valence-electron chi connectivity index (χ1n) is 5.06. The molecule has 0 aliphatic heterocycles. The Kier molecular flexibility index (Phi) is 3.49. The number of benzene rings is 1. The van der Waals surface area contributed by atoms with Crippen LogP contribution >= 0.6 is 0 Å². The number of hydrogen-bond donors (Lipinski definition) is 2. The minimum atomic E-state index is -0.471. The highest BCUT2D eigenvalue weighted by atomic mass is 16.6. The number of phenolic OH excluding ortho intramolecular Hbond substituents is 1. The molecule has 88 valence electrons. The van der Waals surface area contributed by atoms with Crippen molar-refractivity contribution >= 4 is 5.69 Å². The molecule has 0 aliphatic carbocycles. The normalized spacial score (nSPS) is 11.4. The number of nitro groups is 1. The molecule has 5 heteroatoms. The van der Waals surface area contributed by atoms with Crippen LogP contribution in [0.1, 0.15) is 25.8 Å². The predicted molar refractivity (Wildman–Crippen MR) is 61.5 cm³/mol. The molecular weight excluding hydrogens is 208 g/mol. The molecule has 0 spiro atoms. The molecule has 0 fully saturated rings. The Morgan fingerprint density at radius 3 is 2.62 bits per heavy atom. The average Bonchev–Trinajstić information content (AvgIpc) is 2.17. The van der Waals surface area contributed by atoms with Gasteiger partial charge in [-0.25, -0.2) is 0 Å². The topological polar surface area (TPSA) is 89.4 Å². The van der Waals surface area contributed by atoms with Crippen molar-refractivity contribution in [3.63, 3.8) is 0 Å². The van der Waals surface area contributed by atoms with Gasteiger partial charge in [-0.1, -0.05) is 13.8 Å². The molecule has 1 aromatic carbocycles. The van der Waals surface area contributed by atoms with Crippen molar-refractivity contribution in [3.05, 3.63) is 33.9 Å². The SMILES string of the molecule is CC(C)(CCN)c1cc([N+](=O)[O-])ccc1O. The Morgan fingerprint density at radius 2 is 2.12 bits per heavy atom. The molecule has 0 aromatic heterocycles. The fraction of sp³-hybridized carbons (Fsp3) is 0.455. The van der Waals surface area contributed by atoms with Gasteiger partial charge in [-0.15, -0.1) is 0 Å². The molecule has 16 heavy (non-hydrogen) atoms. The van der Waals surface area contributed by atoms with Gasteiger partial charge < -0.3 is 10.8 Å². The number of rotatable bonds is 4. The molecule has 0 aliphatic rings. The van der Waals surface area contributed by atoms with E-state index in [1.54, 1.807) is 0 Å². The van der Waals surface area contributed by atoms with E-state index >= 15 is 0 Å². The van der Waals surface area contributed by atoms with Gasteiger partial charge in [-0.2, -0.15) is 0 Å². The van der Waals surface area contributed by atoms with Gasteiger partial charge in [0.1, 0.15) is 5.75 Å². The van der Waals surface area contributed by atoms with Crippen LogP contribution < -0.4 is 5.73 Å². The number of hydrogen-bond acceptors (Lipinski definition) is 4. The Balaban J connectivity index is 3.21. The summed E-state index contributed by atoms with van der Waals surface area (Å²) < 4.78 is 0. The van der Waals surface area contributed by atoms with E-state index in [1.165, 1.54) is 18.2 Å². The Labute approximate surface area is 94.0 Å². The van der Waals surface area contributed by atoms with Crippen LogP contribution in [0.25, 0.3) is 0 Å². The van der Waals surface area contributed by atoms with Crippen molar-refractivity contribution in [2.75, 3.05) is 6.54 Å². The van der Waals surface area contributed by atoms with Crippen LogP contribution in [0, 0.1) is 10.1 Å². The third-order valence-corrected chi connectivity index (χ3v) is 2.69. The summed E-state index contributed by atoms with van der Waals surface area (Å²) >= 11 is 0. The van der Waals surface area contributed by atoms with Crippen LogP contribution in [0.5, 0.6) is 5.75 Å². The second-order valence-corrected chi connectivity index (χ2v) is 4.38. The van der Waals surface area contributed by atoms with E-state index in [4.69, 9.17) is 5.73 Å². The molecule has 1 aromatic rings. The van der Waals surface area contributed by atoms with Crippen molar-refractivity contribution in [2.45, 2.75) is 25.7 Å². The van der Waals surface area contributed by atoms with Crippen LogP contribution in [0.2, 0.25) is 0 Å². The summed E-state index contributed by atoms with van der Waals surface area (Å²) in [5.41, 5.74) is 5.66. The van der Waals surface area contributed by atoms with E-state index < -0.39 is 4.92 Å². The zero-order valence-corrected chi connectivity index (χ0v) is 9.43. The van der Waals surface area contributed by atoms with Crippen molar-refractivity contribution in [1.29, 1.82) is 0 Å². The van der Waals surface area contributed by atoms with Crippen molar-refractivity contribution in [3.8, 4) is 5.75 Å². The molecule has 0 unspecified atom stereocenters. The largest absolute Gasteiger partial charge is 0.508 e. The lowest BCUT2D eigenvalue weighted by Crippen LogP contribution is -2.21. The first kappa shape index (κ1) is 12.4. The molecule has 3 N–H and O–H groups in total. The molecular formula is C11H16N2O3. The summed E-state index contributed by atoms with van der Waals surface area (Å²) in [5, 5.41) is 20.4. The summed E-state index contributed by atoms with van der Waals surface area (Å²) in [7, 11) is 0. The van der Waals surface area contributed by atoms with Crippen molar-refractivity contribution in [2.24, 2.45) is 5.73 Å². The second kappa shape index (κ2) is 4.49. The number of nitro benzene ring substituents is 1. The molecule has 0 saturated heterocycles. The zero-order valence-electron chi connectivity index (χ0n) is 9.43. The number of phenols is 1. The van der Waals surface area contributed by atoms with Crippen LogP contribution in [0.3, 0.4) is 0 Å². The number of aromatic hydroxyl groups is 1. The van der Waals surface area contributed by atoms with Gasteiger partial charge in [0.05, 0.1) is 4.92 Å². The van der Waals surface area contributed by atoms with Crippen LogP contribution in [0.4, 0.5) is 5.69 Å². The fourth-order valence-electron chi connectivity index (χ4n) is 1.68. The van der Waals surface area contributed by atoms with Gasteiger partial charge >= 0.3 is 0 Å². The van der Waals surface area contributed by atoms with E-state index in [-0.39, 0.29) is 16.9 Å². The maximum absolute atomic E-state index is 10.6. The first-order chi connectivity index (χ1) is 7.38. The molecule has 0 atom stereocenters. The van der Waals surface area contributed by atoms with E-state index in [0.717, 1.165) is 0 Å². The number of non-ortho nitro benzene ring substituents is 1. The molecule has 0 amide bonds. The molecule has 0 heterocycles. The Bertz CT molecular complexity index is 402. The lowest BCUT2D eigenvalue weighted by atomic mass is 9.81. The summed E-state index contributed by atoms with van der Waals surface area (Å²) in [6.45, 7) is 4.27. The van der Waals surface area contributed by atoms with E-state index in [2.05, 4.69) is 0 Å². The fourth-order valence-corrected chi connectivity index (χ4v) is 1.68. The van der Waals surface area contributed by atoms with Crippen molar-refractivity contribution in [1.82, 2.24) is 0 Å². The van der Waals surface area contributed by atoms with E-state index in [1.807, 2.05) is 13.8 Å². The van der Waals surface area contributed by atoms with Crippen LogP contribution in [-0.2, 0) is 5.41 Å². The minimum absolute atomic E-state index is 0.0158. The number of nitrogens with zero attached hydrogens (tertiary/aromatic N) is 1. The maximum Gasteiger partial charge on any atom is 0.269 e. The monoisotopic (exact) mass is 224 g/mol. The average molecular weight is 224 g/mol. The minimum Gasteiger partial charge on any atom is -0.508 e. The van der Waals surface area contributed by atoms with Gasteiger partial charge in [0.15, 0.2) is 0 Å². The highest BCUT2D eigenvalue weighted by Crippen LogP contribution is 2.35. The standard InChI is InChI=1S/C11H16N2O3/c1-11(2,5-6-12)9-7-8(13(15)16)3-4-10(9)14/h3-4,7,14H,5-6,12H2,1-2H3. The Hall–Kier alpha value is -1.62. The highest BCUT2D eigenvalue weighted by Gasteiger charge is 2.25. The molecule has 0 bridgehead atoms. The first-order valence-corrected chi connectivity index (χ1v) is 5.06. The van der Waals surface area contributed by atoms with Gasteiger partial charge in [-0.3, -0.25) is 10.1 Å². The van der Waals surface area contributed by atoms with E-state index in [9.17, 15) is 15.2 Å². The van der Waals surface area contributed by atoms with E-state index in [0.29, 0.717) is 18.5 Å². The third kappa shape index (κ3) is 2.49. The predicted octanol–water partition coefficient (Wildman–Crippen LogP) is 1.93. The van der Waals surface area contributed by atoms with Gasteiger partial charge in [0, 0.05) is 17.7 Å². The lowest BCUT2D eigenvalue weighted by molar-refractivity contribution is -0.385. The van der Waals surface area contributed by atoms with Gasteiger partial charge in [0.25, 0.3) is 5.69 Å². The lowest BCUT2D eigenvalue weighted by Gasteiger charge is -2.25. The zero-order chi connectivity index (χ0) is 12.3. The van der Waals surface area contributed by atoms with Gasteiger partial charge in [0.2, 0.25) is 0 Å². The summed E-state index contributed by atoms with van der Waals surface area (Å²) in [6, 6.07) is 4.05. The molecule has 0 radical (unpaired) electrons. The highest BCUT2D eigenvalue weighted by molar-refractivity contribution is 5.46. The summed E-state index contributed by atoms with van der Waals surface area (Å²) in [6.07, 6.45) is 0.654.